The van der Waals surface area contributed by atoms with Crippen LogP contribution in [0.3, 0.4) is 0 Å². The van der Waals surface area contributed by atoms with Crippen molar-refractivity contribution in [1.82, 2.24) is 0 Å². The normalized spacial score (nSPS) is 15.9. The molecular formula is C12H17ClFNO. The molecule has 2 atom stereocenters. The Labute approximate surface area is 100 Å². The largest absolute Gasteiger partial charge is 0.391 e. The van der Waals surface area contributed by atoms with Gasteiger partial charge in [0.05, 0.1) is 12.1 Å². The highest BCUT2D eigenvalue weighted by Crippen LogP contribution is 2.32. The molecule has 3 N–H and O–H groups in total. The van der Waals surface area contributed by atoms with Crippen molar-refractivity contribution in [3.8, 4) is 0 Å². The second-order valence-corrected chi connectivity index (χ2v) is 5.41. The van der Waals surface area contributed by atoms with Crippen LogP contribution < -0.4 is 5.73 Å². The minimum absolute atomic E-state index is 0.246. The lowest BCUT2D eigenvalue weighted by Gasteiger charge is -2.31. The molecule has 0 fully saturated rings. The van der Waals surface area contributed by atoms with Crippen molar-refractivity contribution in [3.05, 3.63) is 34.6 Å². The molecule has 0 saturated carbocycles. The van der Waals surface area contributed by atoms with Crippen LogP contribution in [0.25, 0.3) is 0 Å². The smallest absolute Gasteiger partial charge is 0.124 e. The Balaban J connectivity index is 3.01. The number of hydrogen-bond acceptors (Lipinski definition) is 2. The van der Waals surface area contributed by atoms with Gasteiger partial charge in [-0.2, -0.15) is 0 Å². The quantitative estimate of drug-likeness (QED) is 0.842. The van der Waals surface area contributed by atoms with Crippen molar-refractivity contribution < 1.29 is 9.50 Å². The van der Waals surface area contributed by atoms with Gasteiger partial charge in [0.25, 0.3) is 0 Å². The molecule has 0 aromatic heterocycles. The van der Waals surface area contributed by atoms with Gasteiger partial charge >= 0.3 is 0 Å². The second kappa shape index (κ2) is 4.70. The van der Waals surface area contributed by atoms with E-state index in [1.807, 2.05) is 20.8 Å². The van der Waals surface area contributed by atoms with Crippen LogP contribution in [0.15, 0.2) is 18.2 Å². The van der Waals surface area contributed by atoms with Crippen LogP contribution in [0.2, 0.25) is 5.02 Å². The number of aliphatic hydroxyl groups excluding tert-OH is 1. The number of halogens is 2. The molecule has 1 rings (SSSR count). The molecule has 0 aliphatic rings. The number of hydrogen-bond donors (Lipinski definition) is 2. The van der Waals surface area contributed by atoms with E-state index in [-0.39, 0.29) is 10.4 Å². The van der Waals surface area contributed by atoms with Gasteiger partial charge in [0.15, 0.2) is 0 Å². The lowest BCUT2D eigenvalue weighted by Crippen LogP contribution is -2.37. The van der Waals surface area contributed by atoms with Crippen molar-refractivity contribution >= 4 is 11.6 Å². The van der Waals surface area contributed by atoms with Crippen molar-refractivity contribution in [2.24, 2.45) is 11.1 Å². The summed E-state index contributed by atoms with van der Waals surface area (Å²) >= 11 is 5.89. The SMILES string of the molecule is CC(C)(C)[C@H](O)[C@H](N)c1ccc(F)cc1Cl. The molecule has 4 heteroatoms. The molecule has 0 aliphatic heterocycles. The van der Waals surface area contributed by atoms with E-state index in [9.17, 15) is 9.50 Å². The first-order valence-corrected chi connectivity index (χ1v) is 5.50. The highest BCUT2D eigenvalue weighted by atomic mass is 35.5. The lowest BCUT2D eigenvalue weighted by atomic mass is 9.82. The van der Waals surface area contributed by atoms with E-state index in [1.54, 1.807) is 0 Å². The van der Waals surface area contributed by atoms with Crippen LogP contribution in [0.1, 0.15) is 32.4 Å². The average molecular weight is 246 g/mol. The first-order chi connectivity index (χ1) is 7.23. The molecule has 0 spiro atoms. The summed E-state index contributed by atoms with van der Waals surface area (Å²) in [5.74, 6) is -0.411. The van der Waals surface area contributed by atoms with Crippen molar-refractivity contribution in [2.75, 3.05) is 0 Å². The molecule has 0 amide bonds. The summed E-state index contributed by atoms with van der Waals surface area (Å²) in [6.07, 6.45) is -0.740. The summed E-state index contributed by atoms with van der Waals surface area (Å²) < 4.78 is 12.9. The Kier molecular flexibility index (Phi) is 3.94. The molecule has 1 aromatic rings. The molecule has 0 heterocycles. The van der Waals surface area contributed by atoms with E-state index in [0.29, 0.717) is 5.56 Å². The topological polar surface area (TPSA) is 46.2 Å². The summed E-state index contributed by atoms with van der Waals surface area (Å²) in [6.45, 7) is 5.65. The van der Waals surface area contributed by atoms with E-state index in [1.165, 1.54) is 18.2 Å². The Hall–Kier alpha value is -0.640. The minimum Gasteiger partial charge on any atom is -0.391 e. The molecule has 0 unspecified atom stereocenters. The summed E-state index contributed by atoms with van der Waals surface area (Å²) in [7, 11) is 0. The lowest BCUT2D eigenvalue weighted by molar-refractivity contribution is 0.0401. The van der Waals surface area contributed by atoms with Crippen LogP contribution in [0.5, 0.6) is 0 Å². The third-order valence-corrected chi connectivity index (χ3v) is 2.88. The number of rotatable bonds is 2. The zero-order valence-electron chi connectivity index (χ0n) is 9.67. The predicted molar refractivity (Wildman–Crippen MR) is 63.8 cm³/mol. The standard InChI is InChI=1S/C12H17ClFNO/c1-12(2,3)11(16)10(15)8-5-4-7(14)6-9(8)13/h4-6,10-11,16H,15H2,1-3H3/t10-,11-/m1/s1. The zero-order chi connectivity index (χ0) is 12.5. The molecule has 0 bridgehead atoms. The van der Waals surface area contributed by atoms with Gasteiger partial charge in [-0.3, -0.25) is 0 Å². The van der Waals surface area contributed by atoms with Crippen LogP contribution in [0.4, 0.5) is 4.39 Å². The zero-order valence-corrected chi connectivity index (χ0v) is 10.4. The van der Waals surface area contributed by atoms with Gasteiger partial charge in [0, 0.05) is 5.02 Å². The third-order valence-electron chi connectivity index (χ3n) is 2.55. The van der Waals surface area contributed by atoms with Gasteiger partial charge in [-0.1, -0.05) is 38.4 Å². The molecule has 0 saturated heterocycles. The Morgan fingerprint density at radius 3 is 2.38 bits per heavy atom. The fourth-order valence-corrected chi connectivity index (χ4v) is 1.77. The monoisotopic (exact) mass is 245 g/mol. The maximum absolute atomic E-state index is 12.9. The summed E-state index contributed by atoms with van der Waals surface area (Å²) in [4.78, 5) is 0. The highest BCUT2D eigenvalue weighted by Gasteiger charge is 2.30. The van der Waals surface area contributed by atoms with Crippen molar-refractivity contribution in [1.29, 1.82) is 0 Å². The second-order valence-electron chi connectivity index (χ2n) is 5.00. The maximum Gasteiger partial charge on any atom is 0.124 e. The first-order valence-electron chi connectivity index (χ1n) is 5.12. The minimum atomic E-state index is -0.740. The van der Waals surface area contributed by atoms with Gasteiger partial charge in [-0.25, -0.2) is 4.39 Å². The number of benzene rings is 1. The van der Waals surface area contributed by atoms with Gasteiger partial charge < -0.3 is 10.8 Å². The van der Waals surface area contributed by atoms with Crippen LogP contribution in [-0.4, -0.2) is 11.2 Å². The van der Waals surface area contributed by atoms with E-state index >= 15 is 0 Å². The molecule has 90 valence electrons. The predicted octanol–water partition coefficient (Wildman–Crippen LogP) is 2.89. The number of aliphatic hydroxyl groups is 1. The molecular weight excluding hydrogens is 229 g/mol. The summed E-state index contributed by atoms with van der Waals surface area (Å²) in [5.41, 5.74) is 6.13. The van der Waals surface area contributed by atoms with Gasteiger partial charge in [0.1, 0.15) is 5.82 Å². The van der Waals surface area contributed by atoms with E-state index in [0.717, 1.165) is 0 Å². The van der Waals surface area contributed by atoms with Crippen LogP contribution >= 0.6 is 11.6 Å². The summed E-state index contributed by atoms with van der Waals surface area (Å²) in [6, 6.07) is 3.38. The number of nitrogens with two attached hydrogens (primary N) is 1. The summed E-state index contributed by atoms with van der Waals surface area (Å²) in [5, 5.41) is 10.3. The van der Waals surface area contributed by atoms with Gasteiger partial charge in [-0.15, -0.1) is 0 Å². The fraction of sp³-hybridized carbons (Fsp3) is 0.500. The average Bonchev–Trinajstić information content (AvgIpc) is 2.14. The molecule has 0 radical (unpaired) electrons. The first kappa shape index (κ1) is 13.4. The van der Waals surface area contributed by atoms with Crippen molar-refractivity contribution in [2.45, 2.75) is 32.9 Å². The Morgan fingerprint density at radius 1 is 1.38 bits per heavy atom. The molecule has 2 nitrogen and oxygen atoms in total. The maximum atomic E-state index is 12.9. The highest BCUT2D eigenvalue weighted by molar-refractivity contribution is 6.31. The molecule has 0 aliphatic carbocycles. The van der Waals surface area contributed by atoms with Gasteiger partial charge in [-0.05, 0) is 23.1 Å². The Morgan fingerprint density at radius 2 is 1.94 bits per heavy atom. The van der Waals surface area contributed by atoms with Crippen molar-refractivity contribution in [3.63, 3.8) is 0 Å². The Bertz CT molecular complexity index is 376. The van der Waals surface area contributed by atoms with Gasteiger partial charge in [0.2, 0.25) is 0 Å². The molecule has 16 heavy (non-hydrogen) atoms. The van der Waals surface area contributed by atoms with E-state index in [4.69, 9.17) is 17.3 Å². The van der Waals surface area contributed by atoms with E-state index in [2.05, 4.69) is 0 Å². The molecule has 1 aromatic carbocycles. The van der Waals surface area contributed by atoms with Crippen LogP contribution in [-0.2, 0) is 0 Å². The van der Waals surface area contributed by atoms with E-state index < -0.39 is 18.0 Å². The fourth-order valence-electron chi connectivity index (χ4n) is 1.48. The van der Waals surface area contributed by atoms with Crippen LogP contribution in [0, 0.1) is 11.2 Å². The third kappa shape index (κ3) is 2.94.